The quantitative estimate of drug-likeness (QED) is 0.800. The van der Waals surface area contributed by atoms with Gasteiger partial charge in [-0.25, -0.2) is 8.42 Å². The third-order valence-corrected chi connectivity index (χ3v) is 7.21. The molecule has 0 radical (unpaired) electrons. The Labute approximate surface area is 165 Å². The average molecular weight is 406 g/mol. The maximum atomic E-state index is 12.4. The minimum absolute atomic E-state index is 0.0625. The highest BCUT2D eigenvalue weighted by molar-refractivity contribution is 7.91. The van der Waals surface area contributed by atoms with E-state index in [1.807, 2.05) is 18.2 Å². The van der Waals surface area contributed by atoms with E-state index in [2.05, 4.69) is 25.2 Å². The number of carbonyl (C=O) groups is 1. The molecule has 0 heterocycles. The molecule has 0 spiro atoms. The normalized spacial score (nSPS) is 18.6. The molecule has 4 nitrogen and oxygen atoms in total. The van der Waals surface area contributed by atoms with Gasteiger partial charge in [-0.1, -0.05) is 49.7 Å². The molecule has 0 bridgehead atoms. The van der Waals surface area contributed by atoms with E-state index in [0.717, 1.165) is 18.4 Å². The van der Waals surface area contributed by atoms with E-state index < -0.39 is 9.84 Å². The first-order chi connectivity index (χ1) is 12.7. The predicted molar refractivity (Wildman–Crippen MR) is 108 cm³/mol. The molecule has 1 aliphatic rings. The van der Waals surface area contributed by atoms with Crippen LogP contribution >= 0.6 is 11.6 Å². The van der Waals surface area contributed by atoms with Crippen LogP contribution in [0.25, 0.3) is 0 Å². The van der Waals surface area contributed by atoms with Crippen molar-refractivity contribution < 1.29 is 13.2 Å². The molecule has 1 N–H and O–H groups in total. The Morgan fingerprint density at radius 1 is 1.15 bits per heavy atom. The Morgan fingerprint density at radius 3 is 2.52 bits per heavy atom. The summed E-state index contributed by atoms with van der Waals surface area (Å²) in [5.74, 6) is -0.465. The van der Waals surface area contributed by atoms with Gasteiger partial charge < -0.3 is 5.32 Å². The van der Waals surface area contributed by atoms with Crippen LogP contribution in [0.5, 0.6) is 0 Å². The number of sulfone groups is 1. The van der Waals surface area contributed by atoms with Gasteiger partial charge in [-0.2, -0.15) is 0 Å². The van der Waals surface area contributed by atoms with Crippen molar-refractivity contribution in [3.05, 3.63) is 64.7 Å². The van der Waals surface area contributed by atoms with Crippen molar-refractivity contribution in [2.45, 2.75) is 49.5 Å². The molecule has 1 atom stereocenters. The molecule has 2 aromatic carbocycles. The zero-order valence-corrected chi connectivity index (χ0v) is 17.1. The van der Waals surface area contributed by atoms with E-state index in [1.165, 1.54) is 29.8 Å². The van der Waals surface area contributed by atoms with Gasteiger partial charge in [-0.3, -0.25) is 4.79 Å². The number of hydrogen-bond donors (Lipinski definition) is 1. The molecule has 0 saturated carbocycles. The Kier molecular flexibility index (Phi) is 5.63. The number of rotatable bonds is 5. The SMILES string of the molecule is CC1(C)CCC(NC(=O)CCS(=O)(=O)c2ccc(Cl)cc2)c2ccccc21. The summed E-state index contributed by atoms with van der Waals surface area (Å²) in [4.78, 5) is 12.6. The molecule has 3 rings (SSSR count). The molecule has 1 aliphatic carbocycles. The Morgan fingerprint density at radius 2 is 1.81 bits per heavy atom. The minimum Gasteiger partial charge on any atom is -0.349 e. The maximum Gasteiger partial charge on any atom is 0.221 e. The van der Waals surface area contributed by atoms with Gasteiger partial charge in [-0.05, 0) is 53.6 Å². The lowest BCUT2D eigenvalue weighted by molar-refractivity contribution is -0.121. The molecule has 0 saturated heterocycles. The molecular formula is C21H24ClNO3S. The van der Waals surface area contributed by atoms with Crippen molar-refractivity contribution in [3.63, 3.8) is 0 Å². The van der Waals surface area contributed by atoms with E-state index in [-0.39, 0.29) is 34.4 Å². The monoisotopic (exact) mass is 405 g/mol. The van der Waals surface area contributed by atoms with Crippen LogP contribution in [0.3, 0.4) is 0 Å². The standard InChI is InChI=1S/C21H24ClNO3S/c1-21(2)13-11-19(17-5-3-4-6-18(17)21)23-20(24)12-14-27(25,26)16-9-7-15(22)8-10-16/h3-10,19H,11-14H2,1-2H3,(H,23,24). The molecule has 27 heavy (non-hydrogen) atoms. The molecular weight excluding hydrogens is 382 g/mol. The Balaban J connectivity index is 1.66. The molecule has 2 aromatic rings. The topological polar surface area (TPSA) is 63.2 Å². The van der Waals surface area contributed by atoms with Crippen LogP contribution in [-0.2, 0) is 20.0 Å². The van der Waals surface area contributed by atoms with Crippen LogP contribution in [0.15, 0.2) is 53.4 Å². The number of benzene rings is 2. The first-order valence-corrected chi connectivity index (χ1v) is 11.1. The molecule has 6 heteroatoms. The fourth-order valence-electron chi connectivity index (χ4n) is 3.62. The second-order valence-electron chi connectivity index (χ2n) is 7.65. The number of carbonyl (C=O) groups excluding carboxylic acids is 1. The van der Waals surface area contributed by atoms with Crippen molar-refractivity contribution >= 4 is 27.3 Å². The van der Waals surface area contributed by atoms with Crippen LogP contribution < -0.4 is 5.32 Å². The van der Waals surface area contributed by atoms with Crippen LogP contribution in [0.4, 0.5) is 0 Å². The average Bonchev–Trinajstić information content (AvgIpc) is 2.63. The summed E-state index contributed by atoms with van der Waals surface area (Å²) in [5, 5.41) is 3.50. The predicted octanol–water partition coefficient (Wildman–Crippen LogP) is 4.43. The number of fused-ring (bicyclic) bond motifs is 1. The highest BCUT2D eigenvalue weighted by Gasteiger charge is 2.33. The van der Waals surface area contributed by atoms with Gasteiger partial charge in [0, 0.05) is 11.4 Å². The maximum absolute atomic E-state index is 12.4. The van der Waals surface area contributed by atoms with Gasteiger partial charge in [0.2, 0.25) is 5.91 Å². The molecule has 1 amide bonds. The van der Waals surface area contributed by atoms with Crippen LogP contribution in [0, 0.1) is 0 Å². The highest BCUT2D eigenvalue weighted by atomic mass is 35.5. The Hall–Kier alpha value is -1.85. The van der Waals surface area contributed by atoms with Crippen LogP contribution in [-0.4, -0.2) is 20.1 Å². The zero-order valence-electron chi connectivity index (χ0n) is 15.5. The molecule has 0 aromatic heterocycles. The van der Waals surface area contributed by atoms with Gasteiger partial charge in [0.25, 0.3) is 0 Å². The minimum atomic E-state index is -3.51. The van der Waals surface area contributed by atoms with E-state index in [9.17, 15) is 13.2 Å². The van der Waals surface area contributed by atoms with Gasteiger partial charge >= 0.3 is 0 Å². The first kappa shape index (κ1) is 19.9. The van der Waals surface area contributed by atoms with Gasteiger partial charge in [0.1, 0.15) is 0 Å². The van der Waals surface area contributed by atoms with E-state index in [1.54, 1.807) is 0 Å². The van der Waals surface area contributed by atoms with Gasteiger partial charge in [-0.15, -0.1) is 0 Å². The molecule has 0 aliphatic heterocycles. The summed E-state index contributed by atoms with van der Waals surface area (Å²) in [6, 6.07) is 14.1. The van der Waals surface area contributed by atoms with Crippen molar-refractivity contribution in [2.24, 2.45) is 0 Å². The third kappa shape index (κ3) is 4.53. The van der Waals surface area contributed by atoms with Crippen molar-refractivity contribution in [1.29, 1.82) is 0 Å². The summed E-state index contributed by atoms with van der Waals surface area (Å²) in [6.07, 6.45) is 1.75. The zero-order chi connectivity index (χ0) is 19.7. The first-order valence-electron chi connectivity index (χ1n) is 9.06. The molecule has 144 valence electrons. The van der Waals surface area contributed by atoms with Crippen LogP contribution in [0.1, 0.15) is 50.3 Å². The molecule has 0 fully saturated rings. The highest BCUT2D eigenvalue weighted by Crippen LogP contribution is 2.41. The largest absolute Gasteiger partial charge is 0.349 e. The van der Waals surface area contributed by atoms with Crippen molar-refractivity contribution in [1.82, 2.24) is 5.32 Å². The second-order valence-corrected chi connectivity index (χ2v) is 10.2. The Bertz CT molecular complexity index is 936. The fraction of sp³-hybridized carbons (Fsp3) is 0.381. The van der Waals surface area contributed by atoms with E-state index in [0.29, 0.717) is 5.02 Å². The lowest BCUT2D eigenvalue weighted by Gasteiger charge is -2.37. The smallest absolute Gasteiger partial charge is 0.221 e. The summed E-state index contributed by atoms with van der Waals surface area (Å²) in [5.41, 5.74) is 2.45. The fourth-order valence-corrected chi connectivity index (χ4v) is 4.98. The van der Waals surface area contributed by atoms with Gasteiger partial charge in [0.15, 0.2) is 9.84 Å². The third-order valence-electron chi connectivity index (χ3n) is 5.23. The summed E-state index contributed by atoms with van der Waals surface area (Å²) >= 11 is 5.80. The van der Waals surface area contributed by atoms with Crippen molar-refractivity contribution in [2.75, 3.05) is 5.75 Å². The molecule has 1 unspecified atom stereocenters. The number of nitrogens with one attached hydrogen (secondary N) is 1. The van der Waals surface area contributed by atoms with E-state index in [4.69, 9.17) is 11.6 Å². The summed E-state index contributed by atoms with van der Waals surface area (Å²) < 4.78 is 24.8. The van der Waals surface area contributed by atoms with E-state index >= 15 is 0 Å². The lowest BCUT2D eigenvalue weighted by atomic mass is 9.71. The number of halogens is 1. The lowest BCUT2D eigenvalue weighted by Crippen LogP contribution is -2.36. The second kappa shape index (κ2) is 7.64. The van der Waals surface area contributed by atoms with Crippen LogP contribution in [0.2, 0.25) is 5.02 Å². The van der Waals surface area contributed by atoms with Gasteiger partial charge in [0.05, 0.1) is 16.7 Å². The van der Waals surface area contributed by atoms with Crippen molar-refractivity contribution in [3.8, 4) is 0 Å². The summed E-state index contributed by atoms with van der Waals surface area (Å²) in [6.45, 7) is 4.42. The number of hydrogen-bond acceptors (Lipinski definition) is 3. The number of amides is 1. The summed E-state index contributed by atoms with van der Waals surface area (Å²) in [7, 11) is -3.51.